The fraction of sp³-hybridized carbons (Fsp3) is 0.462. The van der Waals surface area contributed by atoms with Crippen molar-refractivity contribution in [2.75, 3.05) is 0 Å². The topological polar surface area (TPSA) is 71.4 Å². The third-order valence-corrected chi connectivity index (χ3v) is 5.75. The van der Waals surface area contributed by atoms with Crippen LogP contribution in [0, 0.1) is 11.2 Å². The van der Waals surface area contributed by atoms with Gasteiger partial charge in [-0.15, -0.1) is 0 Å². The number of carboxylic acid groups (broad SMARTS) is 1. The highest BCUT2D eigenvalue weighted by Crippen LogP contribution is 2.37. The van der Waals surface area contributed by atoms with Crippen molar-refractivity contribution in [3.63, 3.8) is 0 Å². The first-order valence-electron chi connectivity index (χ1n) is 5.90. The summed E-state index contributed by atoms with van der Waals surface area (Å²) in [6.07, 6.45) is 0.188. The van der Waals surface area contributed by atoms with Crippen LogP contribution in [0.15, 0.2) is 23.1 Å². The lowest BCUT2D eigenvalue weighted by molar-refractivity contribution is -0.147. The first-order chi connectivity index (χ1) is 8.64. The first-order valence-corrected chi connectivity index (χ1v) is 7.45. The summed E-state index contributed by atoms with van der Waals surface area (Å²) in [5.74, 6) is -1.52. The Hall–Kier alpha value is -1.43. The SMILES string of the molecule is CC(C)(CC1Cc2cc(F)ccc2S1(=O)=O)C(=O)O. The minimum atomic E-state index is -3.56. The Bertz CT molecular complexity index is 634. The molecule has 0 saturated heterocycles. The van der Waals surface area contributed by atoms with Crippen LogP contribution >= 0.6 is 0 Å². The molecule has 0 spiro atoms. The molecular formula is C13H15FO4S. The zero-order chi connectivity index (χ0) is 14.4. The van der Waals surface area contributed by atoms with Crippen molar-refractivity contribution in [1.29, 1.82) is 0 Å². The summed E-state index contributed by atoms with van der Waals surface area (Å²) in [6, 6.07) is 3.58. The third kappa shape index (κ3) is 2.36. The number of fused-ring (bicyclic) bond motifs is 1. The summed E-state index contributed by atoms with van der Waals surface area (Å²) in [4.78, 5) is 11.2. The minimum absolute atomic E-state index is 0.0148. The van der Waals surface area contributed by atoms with Crippen LogP contribution < -0.4 is 0 Å². The van der Waals surface area contributed by atoms with Crippen LogP contribution in [0.5, 0.6) is 0 Å². The third-order valence-electron chi connectivity index (χ3n) is 3.53. The van der Waals surface area contributed by atoms with Gasteiger partial charge in [0.1, 0.15) is 5.82 Å². The molecule has 0 saturated carbocycles. The lowest BCUT2D eigenvalue weighted by Gasteiger charge is -2.22. The largest absolute Gasteiger partial charge is 0.481 e. The smallest absolute Gasteiger partial charge is 0.309 e. The number of benzene rings is 1. The van der Waals surface area contributed by atoms with Gasteiger partial charge in [-0.2, -0.15) is 0 Å². The summed E-state index contributed by atoms with van der Waals surface area (Å²) >= 11 is 0. The maximum absolute atomic E-state index is 13.1. The number of carbonyl (C=O) groups is 1. The quantitative estimate of drug-likeness (QED) is 0.863. The molecule has 1 aliphatic rings. The predicted molar refractivity (Wildman–Crippen MR) is 67.1 cm³/mol. The molecule has 1 heterocycles. The van der Waals surface area contributed by atoms with E-state index in [0.29, 0.717) is 5.56 Å². The molecule has 4 nitrogen and oxygen atoms in total. The van der Waals surface area contributed by atoms with Crippen molar-refractivity contribution >= 4 is 15.8 Å². The molecule has 19 heavy (non-hydrogen) atoms. The van der Waals surface area contributed by atoms with Gasteiger partial charge in [0.2, 0.25) is 0 Å². The van der Waals surface area contributed by atoms with E-state index in [1.807, 2.05) is 0 Å². The minimum Gasteiger partial charge on any atom is -0.481 e. The average molecular weight is 286 g/mol. The normalized spacial score (nSPS) is 21.1. The molecule has 0 amide bonds. The van der Waals surface area contributed by atoms with E-state index >= 15 is 0 Å². The molecule has 1 unspecified atom stereocenters. The standard InChI is InChI=1S/C13H15FO4S/c1-13(2,12(15)16)7-10-6-8-5-9(14)3-4-11(8)19(10,17)18/h3-5,10H,6-7H2,1-2H3,(H,15,16). The van der Waals surface area contributed by atoms with E-state index in [1.165, 1.54) is 26.0 Å². The Balaban J connectivity index is 2.36. The Labute approximate surface area is 111 Å². The first kappa shape index (κ1) is 14.0. The molecule has 1 aromatic rings. The highest BCUT2D eigenvalue weighted by molar-refractivity contribution is 7.92. The van der Waals surface area contributed by atoms with E-state index in [1.54, 1.807) is 0 Å². The van der Waals surface area contributed by atoms with E-state index in [0.717, 1.165) is 6.07 Å². The summed E-state index contributed by atoms with van der Waals surface area (Å²) in [7, 11) is -3.56. The monoisotopic (exact) mass is 286 g/mol. The van der Waals surface area contributed by atoms with Crippen molar-refractivity contribution in [2.24, 2.45) is 5.41 Å². The molecule has 0 aromatic heterocycles. The summed E-state index contributed by atoms with van der Waals surface area (Å²) in [5.41, 5.74) is -0.690. The van der Waals surface area contributed by atoms with Gasteiger partial charge in [0.15, 0.2) is 9.84 Å². The van der Waals surface area contributed by atoms with Gasteiger partial charge < -0.3 is 5.11 Å². The fourth-order valence-electron chi connectivity index (χ4n) is 2.36. The van der Waals surface area contributed by atoms with Crippen LogP contribution in [0.4, 0.5) is 4.39 Å². The maximum atomic E-state index is 13.1. The Morgan fingerprint density at radius 2 is 2.11 bits per heavy atom. The van der Waals surface area contributed by atoms with E-state index in [9.17, 15) is 17.6 Å². The van der Waals surface area contributed by atoms with Crippen molar-refractivity contribution < 1.29 is 22.7 Å². The number of carboxylic acids is 1. The van der Waals surface area contributed by atoms with Gasteiger partial charge in [0.25, 0.3) is 0 Å². The van der Waals surface area contributed by atoms with Gasteiger partial charge in [-0.1, -0.05) is 0 Å². The number of hydrogen-bond acceptors (Lipinski definition) is 3. The highest BCUT2D eigenvalue weighted by Gasteiger charge is 2.42. The second-order valence-electron chi connectivity index (χ2n) is 5.52. The van der Waals surface area contributed by atoms with Gasteiger partial charge in [0.05, 0.1) is 15.6 Å². The molecule has 1 aliphatic heterocycles. The van der Waals surface area contributed by atoms with Gasteiger partial charge in [0, 0.05) is 0 Å². The molecular weight excluding hydrogens is 271 g/mol. The van der Waals surface area contributed by atoms with Crippen LogP contribution in [0.2, 0.25) is 0 Å². The lowest BCUT2D eigenvalue weighted by atomic mass is 9.86. The lowest BCUT2D eigenvalue weighted by Crippen LogP contribution is -2.31. The molecule has 1 atom stereocenters. The van der Waals surface area contributed by atoms with Crippen LogP contribution in [0.25, 0.3) is 0 Å². The number of aliphatic carboxylic acids is 1. The second kappa shape index (κ2) is 4.30. The van der Waals surface area contributed by atoms with Gasteiger partial charge in [-0.25, -0.2) is 12.8 Å². The fourth-order valence-corrected chi connectivity index (χ4v) is 4.52. The van der Waals surface area contributed by atoms with Gasteiger partial charge >= 0.3 is 5.97 Å². The van der Waals surface area contributed by atoms with E-state index < -0.39 is 32.3 Å². The van der Waals surface area contributed by atoms with Crippen molar-refractivity contribution in [1.82, 2.24) is 0 Å². The molecule has 104 valence electrons. The Kier molecular flexibility index (Phi) is 3.16. The van der Waals surface area contributed by atoms with E-state index in [2.05, 4.69) is 0 Å². The molecule has 1 N–H and O–H groups in total. The van der Waals surface area contributed by atoms with Crippen molar-refractivity contribution in [2.45, 2.75) is 36.8 Å². The van der Waals surface area contributed by atoms with Gasteiger partial charge in [-0.3, -0.25) is 4.79 Å². The van der Waals surface area contributed by atoms with Crippen LogP contribution in [0.3, 0.4) is 0 Å². The van der Waals surface area contributed by atoms with Crippen LogP contribution in [-0.4, -0.2) is 24.7 Å². The van der Waals surface area contributed by atoms with Crippen molar-refractivity contribution in [3.8, 4) is 0 Å². The molecule has 0 fully saturated rings. The number of hydrogen-bond donors (Lipinski definition) is 1. The molecule has 0 bridgehead atoms. The summed E-state index contributed by atoms with van der Waals surface area (Å²) < 4.78 is 37.7. The molecule has 6 heteroatoms. The number of rotatable bonds is 3. The summed E-state index contributed by atoms with van der Waals surface area (Å²) in [5, 5.41) is 8.28. The number of sulfone groups is 1. The average Bonchev–Trinajstić information content (AvgIpc) is 2.49. The maximum Gasteiger partial charge on any atom is 0.309 e. The van der Waals surface area contributed by atoms with Crippen LogP contribution in [0.1, 0.15) is 25.8 Å². The zero-order valence-corrected chi connectivity index (χ0v) is 11.5. The molecule has 0 radical (unpaired) electrons. The Morgan fingerprint density at radius 3 is 2.68 bits per heavy atom. The van der Waals surface area contributed by atoms with Crippen LogP contribution in [-0.2, 0) is 21.1 Å². The van der Waals surface area contributed by atoms with Crippen molar-refractivity contribution in [3.05, 3.63) is 29.6 Å². The number of halogens is 1. The molecule has 0 aliphatic carbocycles. The van der Waals surface area contributed by atoms with E-state index in [4.69, 9.17) is 5.11 Å². The Morgan fingerprint density at radius 1 is 1.47 bits per heavy atom. The second-order valence-corrected chi connectivity index (χ2v) is 7.71. The predicted octanol–water partition coefficient (Wildman–Crippen LogP) is 2.02. The van der Waals surface area contributed by atoms with E-state index in [-0.39, 0.29) is 17.7 Å². The highest BCUT2D eigenvalue weighted by atomic mass is 32.2. The molecule has 2 rings (SSSR count). The summed E-state index contributed by atoms with van der Waals surface area (Å²) in [6.45, 7) is 2.99. The molecule has 1 aromatic carbocycles. The zero-order valence-electron chi connectivity index (χ0n) is 10.7. The van der Waals surface area contributed by atoms with Gasteiger partial charge in [-0.05, 0) is 50.5 Å².